The Balaban J connectivity index is 2.32. The molecule has 0 aliphatic heterocycles. The maximum Gasteiger partial charge on any atom is 0.348 e. The number of fused-ring (bicyclic) bond motifs is 1. The van der Waals surface area contributed by atoms with Gasteiger partial charge in [0.25, 0.3) is 6.01 Å². The van der Waals surface area contributed by atoms with Crippen LogP contribution >= 0.6 is 0 Å². The van der Waals surface area contributed by atoms with Crippen molar-refractivity contribution in [3.05, 3.63) is 28.6 Å². The second-order valence-corrected chi connectivity index (χ2v) is 5.59. The number of hydrogen-bond acceptors (Lipinski definition) is 5. The van der Waals surface area contributed by atoms with Crippen molar-refractivity contribution in [3.8, 4) is 0 Å². The van der Waals surface area contributed by atoms with Gasteiger partial charge in [-0.1, -0.05) is 0 Å². The highest BCUT2D eigenvalue weighted by molar-refractivity contribution is 5.92. The summed E-state index contributed by atoms with van der Waals surface area (Å²) in [6.45, 7) is 7.58. The van der Waals surface area contributed by atoms with E-state index in [0.29, 0.717) is 16.6 Å². The average Bonchev–Trinajstić information content (AvgIpc) is 2.36. The number of amides is 2. The van der Waals surface area contributed by atoms with Crippen molar-refractivity contribution in [1.29, 1.82) is 0 Å². The quantitative estimate of drug-likeness (QED) is 0.806. The monoisotopic (exact) mass is 304 g/mol. The Labute approximate surface area is 128 Å². The fourth-order valence-electron chi connectivity index (χ4n) is 1.89. The summed E-state index contributed by atoms with van der Waals surface area (Å²) in [5, 5.41) is 8.74. The summed E-state index contributed by atoms with van der Waals surface area (Å²) in [5.74, 6) is 0. The first kappa shape index (κ1) is 15.8. The predicted molar refractivity (Wildman–Crippen MR) is 86.3 cm³/mol. The minimum atomic E-state index is -0.466. The lowest BCUT2D eigenvalue weighted by Crippen LogP contribution is -2.34. The van der Waals surface area contributed by atoms with Gasteiger partial charge in [0.1, 0.15) is 0 Å². The molecule has 22 heavy (non-hydrogen) atoms. The highest BCUT2D eigenvalue weighted by Crippen LogP contribution is 2.17. The zero-order valence-electron chi connectivity index (χ0n) is 13.1. The van der Waals surface area contributed by atoms with Crippen LogP contribution in [-0.4, -0.2) is 23.1 Å². The van der Waals surface area contributed by atoms with Crippen LogP contribution in [-0.2, 0) is 0 Å². The van der Waals surface area contributed by atoms with Gasteiger partial charge in [0.05, 0.1) is 10.9 Å². The molecular formula is C15H20N4O3. The van der Waals surface area contributed by atoms with E-state index in [4.69, 9.17) is 4.42 Å². The highest BCUT2D eigenvalue weighted by atomic mass is 16.4. The predicted octanol–water partition coefficient (Wildman–Crippen LogP) is 2.54. The fourth-order valence-corrected chi connectivity index (χ4v) is 1.89. The molecule has 0 fully saturated rings. The van der Waals surface area contributed by atoms with Crippen LogP contribution in [0.4, 0.5) is 16.5 Å². The maximum absolute atomic E-state index is 11.9. The first-order valence-corrected chi connectivity index (χ1v) is 7.14. The van der Waals surface area contributed by atoms with E-state index in [1.807, 2.05) is 27.7 Å². The molecule has 0 bridgehead atoms. The van der Waals surface area contributed by atoms with E-state index in [-0.39, 0.29) is 24.1 Å². The summed E-state index contributed by atoms with van der Waals surface area (Å²) >= 11 is 0. The van der Waals surface area contributed by atoms with Gasteiger partial charge in [-0.2, -0.15) is 4.98 Å². The highest BCUT2D eigenvalue weighted by Gasteiger charge is 2.09. The third kappa shape index (κ3) is 3.97. The standard InChI is InChI=1S/C15H20N4O3/c1-8(2)16-14(21)18-10-5-6-11-12(7-10)19-15(17-9(3)4)22-13(11)20/h5-9H,1-4H3,(H,17,19)(H2,16,18,21). The van der Waals surface area contributed by atoms with Gasteiger partial charge in [-0.3, -0.25) is 0 Å². The molecule has 0 unspecified atom stereocenters. The van der Waals surface area contributed by atoms with Crippen molar-refractivity contribution < 1.29 is 9.21 Å². The summed E-state index contributed by atoms with van der Waals surface area (Å²) in [5.41, 5.74) is 0.548. The number of nitrogens with one attached hydrogen (secondary N) is 3. The summed E-state index contributed by atoms with van der Waals surface area (Å²) in [7, 11) is 0. The van der Waals surface area contributed by atoms with E-state index in [0.717, 1.165) is 0 Å². The number of anilines is 2. The van der Waals surface area contributed by atoms with Crippen LogP contribution in [0.2, 0.25) is 0 Å². The van der Waals surface area contributed by atoms with Gasteiger partial charge in [0.15, 0.2) is 0 Å². The molecule has 0 aliphatic carbocycles. The van der Waals surface area contributed by atoms with Crippen molar-refractivity contribution in [2.24, 2.45) is 0 Å². The Morgan fingerprint density at radius 3 is 2.55 bits per heavy atom. The smallest absolute Gasteiger partial charge is 0.348 e. The molecule has 7 nitrogen and oxygen atoms in total. The Morgan fingerprint density at radius 2 is 1.91 bits per heavy atom. The van der Waals surface area contributed by atoms with E-state index in [1.165, 1.54) is 0 Å². The van der Waals surface area contributed by atoms with Crippen molar-refractivity contribution in [1.82, 2.24) is 10.3 Å². The molecule has 0 atom stereocenters. The molecule has 0 saturated heterocycles. The zero-order chi connectivity index (χ0) is 16.3. The van der Waals surface area contributed by atoms with Crippen molar-refractivity contribution in [3.63, 3.8) is 0 Å². The number of benzene rings is 1. The number of nitrogens with zero attached hydrogens (tertiary/aromatic N) is 1. The van der Waals surface area contributed by atoms with Gasteiger partial charge in [0, 0.05) is 17.8 Å². The van der Waals surface area contributed by atoms with Gasteiger partial charge in [-0.05, 0) is 45.9 Å². The van der Waals surface area contributed by atoms with E-state index >= 15 is 0 Å². The zero-order valence-corrected chi connectivity index (χ0v) is 13.1. The molecule has 0 aliphatic rings. The van der Waals surface area contributed by atoms with E-state index in [9.17, 15) is 9.59 Å². The molecule has 0 spiro atoms. The van der Waals surface area contributed by atoms with Crippen LogP contribution in [0.1, 0.15) is 27.7 Å². The number of urea groups is 1. The van der Waals surface area contributed by atoms with Crippen molar-refractivity contribution in [2.45, 2.75) is 39.8 Å². The summed E-state index contributed by atoms with van der Waals surface area (Å²) in [6.07, 6.45) is 0. The second kappa shape index (κ2) is 6.46. The van der Waals surface area contributed by atoms with Gasteiger partial charge < -0.3 is 20.4 Å². The van der Waals surface area contributed by atoms with E-state index in [1.54, 1.807) is 18.2 Å². The number of carbonyl (C=O) groups is 1. The lowest BCUT2D eigenvalue weighted by molar-refractivity contribution is 0.250. The second-order valence-electron chi connectivity index (χ2n) is 5.59. The first-order valence-electron chi connectivity index (χ1n) is 7.14. The number of carbonyl (C=O) groups excluding carboxylic acids is 1. The van der Waals surface area contributed by atoms with Crippen molar-refractivity contribution in [2.75, 3.05) is 10.6 Å². The van der Waals surface area contributed by atoms with E-state index < -0.39 is 5.63 Å². The molecule has 7 heteroatoms. The minimum Gasteiger partial charge on any atom is -0.389 e. The molecule has 2 amide bonds. The third-order valence-corrected chi connectivity index (χ3v) is 2.72. The molecule has 0 radical (unpaired) electrons. The Hall–Kier alpha value is -2.57. The Morgan fingerprint density at radius 1 is 1.18 bits per heavy atom. The molecular weight excluding hydrogens is 284 g/mol. The number of aromatic nitrogens is 1. The third-order valence-electron chi connectivity index (χ3n) is 2.72. The van der Waals surface area contributed by atoms with Crippen molar-refractivity contribution >= 4 is 28.6 Å². The largest absolute Gasteiger partial charge is 0.389 e. The first-order chi connectivity index (χ1) is 10.3. The van der Waals surface area contributed by atoms with Crippen LogP contribution in [0, 0.1) is 0 Å². The average molecular weight is 304 g/mol. The van der Waals surface area contributed by atoms with Crippen LogP contribution in [0.3, 0.4) is 0 Å². The molecule has 1 heterocycles. The normalized spacial score (nSPS) is 11.0. The van der Waals surface area contributed by atoms with E-state index in [2.05, 4.69) is 20.9 Å². The van der Waals surface area contributed by atoms with Gasteiger partial charge in [-0.25, -0.2) is 9.59 Å². The summed E-state index contributed by atoms with van der Waals surface area (Å²) < 4.78 is 5.10. The van der Waals surface area contributed by atoms with Gasteiger partial charge in [0.2, 0.25) is 0 Å². The van der Waals surface area contributed by atoms with Crippen LogP contribution < -0.4 is 21.6 Å². The molecule has 0 saturated carbocycles. The molecule has 1 aromatic carbocycles. The SMILES string of the molecule is CC(C)NC(=O)Nc1ccc2c(=O)oc(NC(C)C)nc2c1. The van der Waals surface area contributed by atoms with Crippen LogP contribution in [0.25, 0.3) is 10.9 Å². The number of rotatable bonds is 4. The Kier molecular flexibility index (Phi) is 4.65. The Bertz CT molecular complexity index is 737. The lowest BCUT2D eigenvalue weighted by atomic mass is 10.2. The molecule has 2 aromatic rings. The van der Waals surface area contributed by atoms with Gasteiger partial charge >= 0.3 is 11.7 Å². The fraction of sp³-hybridized carbons (Fsp3) is 0.400. The lowest BCUT2D eigenvalue weighted by Gasteiger charge is -2.11. The summed E-state index contributed by atoms with van der Waals surface area (Å²) in [6, 6.07) is 4.83. The van der Waals surface area contributed by atoms with Crippen LogP contribution in [0.5, 0.6) is 0 Å². The molecule has 2 rings (SSSR count). The van der Waals surface area contributed by atoms with Crippen LogP contribution in [0.15, 0.2) is 27.4 Å². The molecule has 118 valence electrons. The topological polar surface area (TPSA) is 96.3 Å². The number of hydrogen-bond donors (Lipinski definition) is 3. The molecule has 1 aromatic heterocycles. The maximum atomic E-state index is 11.9. The minimum absolute atomic E-state index is 0.0347. The van der Waals surface area contributed by atoms with Gasteiger partial charge in [-0.15, -0.1) is 0 Å². The molecule has 3 N–H and O–H groups in total. The summed E-state index contributed by atoms with van der Waals surface area (Å²) in [4.78, 5) is 27.9.